The second kappa shape index (κ2) is 5.81. The first kappa shape index (κ1) is 13.7. The van der Waals surface area contributed by atoms with Crippen molar-refractivity contribution in [3.05, 3.63) is 35.9 Å². The molecule has 0 aliphatic carbocycles. The third kappa shape index (κ3) is 3.55. The predicted octanol–water partition coefficient (Wildman–Crippen LogP) is 1.73. The van der Waals surface area contributed by atoms with Crippen LogP contribution in [0.4, 0.5) is 0 Å². The van der Waals surface area contributed by atoms with Gasteiger partial charge in [0.15, 0.2) is 0 Å². The zero-order chi connectivity index (χ0) is 12.9. The summed E-state index contributed by atoms with van der Waals surface area (Å²) >= 11 is 4.89. The van der Waals surface area contributed by atoms with Gasteiger partial charge in [-0.2, -0.15) is 12.2 Å². The molecule has 1 rings (SSSR count). The smallest absolute Gasteiger partial charge is 0.330 e. The topological polar surface area (TPSA) is 69.7 Å². The molecule has 0 spiro atoms. The van der Waals surface area contributed by atoms with E-state index in [-0.39, 0.29) is 10.5 Å². The van der Waals surface area contributed by atoms with Crippen LogP contribution in [0.2, 0.25) is 0 Å². The molecule has 0 aliphatic rings. The SMILES string of the molecule is COC(=O)C=Cc1ccccc1S(=O)(=O)OCl. The predicted molar refractivity (Wildman–Crippen MR) is 61.6 cm³/mol. The minimum absolute atomic E-state index is 0.129. The number of methoxy groups -OCH3 is 1. The molecule has 0 bridgehead atoms. The number of hydrogen-bond acceptors (Lipinski definition) is 5. The maximum absolute atomic E-state index is 11.4. The molecule has 1 aromatic carbocycles. The van der Waals surface area contributed by atoms with Gasteiger partial charge in [-0.05, 0) is 17.7 Å². The quantitative estimate of drug-likeness (QED) is 0.619. The molecular weight excluding hydrogens is 268 g/mol. The van der Waals surface area contributed by atoms with Crippen LogP contribution in [0.5, 0.6) is 0 Å². The maximum Gasteiger partial charge on any atom is 0.330 e. The number of hydrogen-bond donors (Lipinski definition) is 0. The minimum Gasteiger partial charge on any atom is -0.466 e. The van der Waals surface area contributed by atoms with E-state index in [2.05, 4.69) is 8.47 Å². The van der Waals surface area contributed by atoms with Crippen LogP contribution in [0.25, 0.3) is 6.08 Å². The van der Waals surface area contributed by atoms with Gasteiger partial charge >= 0.3 is 16.1 Å². The standard InChI is InChI=1S/C10H9ClO5S/c1-15-10(12)7-6-8-4-2-3-5-9(8)17(13,14)16-11/h2-7H,1H3. The van der Waals surface area contributed by atoms with E-state index in [4.69, 9.17) is 11.9 Å². The molecule has 1 aromatic rings. The Morgan fingerprint density at radius 3 is 2.59 bits per heavy atom. The lowest BCUT2D eigenvalue weighted by atomic mass is 10.2. The number of benzene rings is 1. The van der Waals surface area contributed by atoms with Crippen molar-refractivity contribution in [2.75, 3.05) is 7.11 Å². The van der Waals surface area contributed by atoms with Crippen LogP contribution >= 0.6 is 11.9 Å². The Bertz CT molecular complexity index is 535. The van der Waals surface area contributed by atoms with E-state index in [1.54, 1.807) is 6.07 Å². The molecule has 0 atom stereocenters. The molecule has 17 heavy (non-hydrogen) atoms. The lowest BCUT2D eigenvalue weighted by molar-refractivity contribution is -0.134. The molecule has 0 amide bonds. The van der Waals surface area contributed by atoms with Gasteiger partial charge in [0.25, 0.3) is 0 Å². The Morgan fingerprint density at radius 1 is 1.35 bits per heavy atom. The fourth-order valence-electron chi connectivity index (χ4n) is 1.11. The number of rotatable bonds is 4. The molecule has 0 unspecified atom stereocenters. The van der Waals surface area contributed by atoms with Crippen molar-refractivity contribution in [1.82, 2.24) is 0 Å². The van der Waals surface area contributed by atoms with Gasteiger partial charge < -0.3 is 4.74 Å². The highest BCUT2D eigenvalue weighted by atomic mass is 35.5. The molecule has 0 aliphatic heterocycles. The number of halogens is 1. The molecular formula is C10H9ClO5S. The fraction of sp³-hybridized carbons (Fsp3) is 0.100. The van der Waals surface area contributed by atoms with Crippen LogP contribution in [0, 0.1) is 0 Å². The minimum atomic E-state index is -4.02. The molecule has 0 radical (unpaired) electrons. The highest BCUT2D eigenvalue weighted by Crippen LogP contribution is 2.20. The van der Waals surface area contributed by atoms with Crippen molar-refractivity contribution in [2.24, 2.45) is 0 Å². The van der Waals surface area contributed by atoms with Crippen LogP contribution in [-0.2, 0) is 23.4 Å². The summed E-state index contributed by atoms with van der Waals surface area (Å²) in [6.07, 6.45) is 2.40. The van der Waals surface area contributed by atoms with E-state index in [0.717, 1.165) is 6.08 Å². The lowest BCUT2D eigenvalue weighted by Crippen LogP contribution is -2.02. The Kier molecular flexibility index (Phi) is 4.68. The molecule has 0 fully saturated rings. The van der Waals surface area contributed by atoms with Crippen LogP contribution in [0.15, 0.2) is 35.2 Å². The monoisotopic (exact) mass is 276 g/mol. The van der Waals surface area contributed by atoms with E-state index in [0.29, 0.717) is 0 Å². The van der Waals surface area contributed by atoms with Crippen molar-refractivity contribution in [3.8, 4) is 0 Å². The van der Waals surface area contributed by atoms with E-state index in [1.807, 2.05) is 0 Å². The summed E-state index contributed by atoms with van der Waals surface area (Å²) in [7, 11) is -2.80. The molecule has 0 heterocycles. The van der Waals surface area contributed by atoms with Gasteiger partial charge in [-0.15, -0.1) is 0 Å². The summed E-state index contributed by atoms with van der Waals surface area (Å²) in [4.78, 5) is 10.8. The zero-order valence-electron chi connectivity index (χ0n) is 8.79. The zero-order valence-corrected chi connectivity index (χ0v) is 10.4. The normalized spacial score (nSPS) is 11.6. The summed E-state index contributed by atoms with van der Waals surface area (Å²) in [5.41, 5.74) is 0.276. The van der Waals surface area contributed by atoms with Gasteiger partial charge in [0.05, 0.1) is 19.0 Å². The molecule has 0 saturated heterocycles. The Morgan fingerprint density at radius 2 is 2.00 bits per heavy atom. The first-order valence-corrected chi connectivity index (χ1v) is 6.13. The summed E-state index contributed by atoms with van der Waals surface area (Å²) in [6, 6.07) is 5.94. The number of carbonyl (C=O) groups excluding carboxylic acids is 1. The van der Waals surface area contributed by atoms with Crippen LogP contribution in [0.3, 0.4) is 0 Å². The number of ether oxygens (including phenoxy) is 1. The van der Waals surface area contributed by atoms with Crippen molar-refractivity contribution in [2.45, 2.75) is 4.90 Å². The maximum atomic E-state index is 11.4. The van der Waals surface area contributed by atoms with E-state index < -0.39 is 16.1 Å². The Balaban J connectivity index is 3.18. The summed E-state index contributed by atoms with van der Waals surface area (Å²) in [5.74, 6) is -0.594. The van der Waals surface area contributed by atoms with Crippen molar-refractivity contribution >= 4 is 34.0 Å². The van der Waals surface area contributed by atoms with Crippen LogP contribution in [-0.4, -0.2) is 21.5 Å². The molecule has 0 N–H and O–H groups in total. The highest BCUT2D eigenvalue weighted by Gasteiger charge is 2.17. The molecule has 5 nitrogen and oxygen atoms in total. The van der Waals surface area contributed by atoms with Gasteiger partial charge in [-0.3, -0.25) is 0 Å². The molecule has 7 heteroatoms. The van der Waals surface area contributed by atoms with Crippen molar-refractivity contribution < 1.29 is 21.7 Å². The number of carbonyl (C=O) groups is 1. The second-order valence-electron chi connectivity index (χ2n) is 2.91. The van der Waals surface area contributed by atoms with Gasteiger partial charge in [-0.25, -0.2) is 4.79 Å². The first-order chi connectivity index (χ1) is 8.01. The fourth-order valence-corrected chi connectivity index (χ4v) is 2.05. The average Bonchev–Trinajstić information content (AvgIpc) is 2.36. The first-order valence-electron chi connectivity index (χ1n) is 4.41. The summed E-state index contributed by atoms with van der Waals surface area (Å²) in [5, 5.41) is 0. The summed E-state index contributed by atoms with van der Waals surface area (Å²) < 4.78 is 31.1. The Labute approximate surface area is 104 Å². The van der Waals surface area contributed by atoms with Gasteiger partial charge in [0.1, 0.15) is 4.90 Å². The highest BCUT2D eigenvalue weighted by molar-refractivity contribution is 7.87. The lowest BCUT2D eigenvalue weighted by Gasteiger charge is -2.03. The largest absolute Gasteiger partial charge is 0.466 e. The number of esters is 1. The van der Waals surface area contributed by atoms with Crippen LogP contribution in [0.1, 0.15) is 5.56 Å². The van der Waals surface area contributed by atoms with Crippen molar-refractivity contribution in [1.29, 1.82) is 0 Å². The second-order valence-corrected chi connectivity index (χ2v) is 4.76. The third-order valence-electron chi connectivity index (χ3n) is 1.87. The van der Waals surface area contributed by atoms with E-state index in [1.165, 1.54) is 31.4 Å². The molecule has 92 valence electrons. The van der Waals surface area contributed by atoms with Crippen LogP contribution < -0.4 is 0 Å². The van der Waals surface area contributed by atoms with E-state index >= 15 is 0 Å². The Hall–Kier alpha value is -1.37. The summed E-state index contributed by atoms with van der Waals surface area (Å²) in [6.45, 7) is 0. The van der Waals surface area contributed by atoms with E-state index in [9.17, 15) is 13.2 Å². The molecule has 0 aromatic heterocycles. The average molecular weight is 277 g/mol. The van der Waals surface area contributed by atoms with Gasteiger partial charge in [0.2, 0.25) is 0 Å². The van der Waals surface area contributed by atoms with Gasteiger partial charge in [0, 0.05) is 6.08 Å². The molecule has 0 saturated carbocycles. The third-order valence-corrected chi connectivity index (χ3v) is 3.45. The van der Waals surface area contributed by atoms with Crippen molar-refractivity contribution in [3.63, 3.8) is 0 Å². The van der Waals surface area contributed by atoms with Gasteiger partial charge in [-0.1, -0.05) is 18.2 Å².